The van der Waals surface area contributed by atoms with Gasteiger partial charge in [0.25, 0.3) is 0 Å². The van der Waals surface area contributed by atoms with E-state index >= 15 is 0 Å². The van der Waals surface area contributed by atoms with Crippen molar-refractivity contribution in [3.8, 4) is 6.07 Å². The monoisotopic (exact) mass is 504 g/mol. The van der Waals surface area contributed by atoms with Crippen molar-refractivity contribution in [1.29, 1.82) is 5.26 Å². The van der Waals surface area contributed by atoms with Crippen LogP contribution in [-0.4, -0.2) is 12.5 Å². The molecule has 0 unspecified atom stereocenters. The Morgan fingerprint density at radius 3 is 2.71 bits per heavy atom. The van der Waals surface area contributed by atoms with Gasteiger partial charge in [-0.05, 0) is 65.5 Å². The Kier molecular flexibility index (Phi) is 5.41. The van der Waals surface area contributed by atoms with Gasteiger partial charge in [0.2, 0.25) is 5.91 Å². The number of alkyl halides is 1. The van der Waals surface area contributed by atoms with E-state index in [1.165, 1.54) is 11.1 Å². The predicted molar refractivity (Wildman–Crippen MR) is 120 cm³/mol. The molecule has 144 valence electrons. The first-order valence-electron chi connectivity index (χ1n) is 9.60. The zero-order chi connectivity index (χ0) is 19.9. The maximum atomic E-state index is 12.6. The molecule has 1 heterocycles. The molecule has 0 bridgehead atoms. The second-order valence-corrected chi connectivity index (χ2v) is 9.32. The van der Waals surface area contributed by atoms with Crippen molar-refractivity contribution < 1.29 is 4.79 Å². The normalized spacial score (nSPS) is 29.1. The zero-order valence-electron chi connectivity index (χ0n) is 15.7. The van der Waals surface area contributed by atoms with Gasteiger partial charge in [0.1, 0.15) is 0 Å². The summed E-state index contributed by atoms with van der Waals surface area (Å²) in [4.78, 5) is 12.6. The average molecular weight is 505 g/mol. The molecule has 1 aliphatic heterocycles. The highest BCUT2D eigenvalue weighted by atomic mass is 127. The van der Waals surface area contributed by atoms with Crippen molar-refractivity contribution in [3.05, 3.63) is 69.7 Å². The van der Waals surface area contributed by atoms with Gasteiger partial charge < -0.3 is 5.32 Å². The van der Waals surface area contributed by atoms with E-state index < -0.39 is 0 Å². The molecule has 1 aliphatic carbocycles. The smallest absolute Gasteiger partial charge is 0.226 e. The summed E-state index contributed by atoms with van der Waals surface area (Å²) in [6, 6.07) is 16.7. The van der Waals surface area contributed by atoms with E-state index in [1.54, 1.807) is 0 Å². The van der Waals surface area contributed by atoms with Crippen LogP contribution in [0.15, 0.2) is 42.5 Å². The quantitative estimate of drug-likeness (QED) is 0.439. The van der Waals surface area contributed by atoms with Gasteiger partial charge in [0.05, 0.1) is 17.0 Å². The van der Waals surface area contributed by atoms with Gasteiger partial charge >= 0.3 is 0 Å². The Hall–Kier alpha value is -1.58. The van der Waals surface area contributed by atoms with Gasteiger partial charge in [-0.2, -0.15) is 5.26 Å². The van der Waals surface area contributed by atoms with E-state index in [2.05, 4.69) is 65.2 Å². The third kappa shape index (κ3) is 3.23. The summed E-state index contributed by atoms with van der Waals surface area (Å²) in [6.45, 7) is 2.79. The van der Waals surface area contributed by atoms with Gasteiger partial charge in [-0.15, -0.1) is 0 Å². The van der Waals surface area contributed by atoms with Crippen molar-refractivity contribution in [2.75, 3.05) is 6.54 Å². The maximum absolute atomic E-state index is 12.6. The number of nitrogens with zero attached hydrogens (tertiary/aromatic N) is 1. The molecule has 2 fully saturated rings. The summed E-state index contributed by atoms with van der Waals surface area (Å²) >= 11 is 8.46. The van der Waals surface area contributed by atoms with Crippen LogP contribution in [0.25, 0.3) is 0 Å². The molecule has 2 aliphatic rings. The standard InChI is InChI=1S/C23H22ClIN2O/c1-23-9-8-19(18-7-2-14(11-25)10-16(18)12-26)21(20(23)13-27-22(23)28)15-3-5-17(24)6-4-15/h2-7,10,19-21H,8-9,11,13H2,1H3,(H,27,28)/t19-,20-,21-,23+/m0/s1. The number of benzene rings is 2. The van der Waals surface area contributed by atoms with Crippen molar-refractivity contribution >= 4 is 40.1 Å². The number of nitrogens with one attached hydrogen (secondary N) is 1. The molecule has 1 saturated carbocycles. The molecule has 2 aromatic rings. The van der Waals surface area contributed by atoms with Crippen LogP contribution in [0.5, 0.6) is 0 Å². The number of rotatable bonds is 3. The number of halogens is 2. The number of carbonyl (C=O) groups is 1. The maximum Gasteiger partial charge on any atom is 0.226 e. The van der Waals surface area contributed by atoms with Crippen molar-refractivity contribution in [2.45, 2.75) is 36.0 Å². The molecule has 0 aromatic heterocycles. The van der Waals surface area contributed by atoms with Crippen LogP contribution in [0.2, 0.25) is 5.02 Å². The van der Waals surface area contributed by atoms with E-state index in [1.807, 2.05) is 18.2 Å². The van der Waals surface area contributed by atoms with E-state index in [0.29, 0.717) is 11.6 Å². The summed E-state index contributed by atoms with van der Waals surface area (Å²) in [6.07, 6.45) is 1.74. The van der Waals surface area contributed by atoms with Gasteiger partial charge in [-0.1, -0.05) is 65.4 Å². The lowest BCUT2D eigenvalue weighted by Gasteiger charge is -2.45. The minimum absolute atomic E-state index is 0.163. The molecule has 4 atom stereocenters. The van der Waals surface area contributed by atoms with Crippen LogP contribution in [-0.2, 0) is 9.22 Å². The number of fused-ring (bicyclic) bond motifs is 1. The first kappa shape index (κ1) is 19.7. The molecular weight excluding hydrogens is 483 g/mol. The largest absolute Gasteiger partial charge is 0.355 e. The number of hydrogen-bond acceptors (Lipinski definition) is 2. The second-order valence-electron chi connectivity index (χ2n) is 8.12. The van der Waals surface area contributed by atoms with E-state index in [-0.39, 0.29) is 29.1 Å². The highest BCUT2D eigenvalue weighted by molar-refractivity contribution is 14.1. The second kappa shape index (κ2) is 7.68. The van der Waals surface area contributed by atoms with E-state index in [0.717, 1.165) is 28.4 Å². The number of nitriles is 1. The first-order chi connectivity index (χ1) is 13.5. The predicted octanol–water partition coefficient (Wildman–Crippen LogP) is 5.56. The third-order valence-electron chi connectivity index (χ3n) is 6.71. The van der Waals surface area contributed by atoms with Gasteiger partial charge in [-0.25, -0.2) is 0 Å². The first-order valence-corrected chi connectivity index (χ1v) is 11.5. The third-order valence-corrected chi connectivity index (χ3v) is 7.84. The zero-order valence-corrected chi connectivity index (χ0v) is 18.6. The molecule has 0 radical (unpaired) electrons. The van der Waals surface area contributed by atoms with Crippen LogP contribution in [0.1, 0.15) is 53.9 Å². The van der Waals surface area contributed by atoms with Crippen molar-refractivity contribution in [1.82, 2.24) is 5.32 Å². The molecule has 0 spiro atoms. The number of carbonyl (C=O) groups excluding carboxylic acids is 1. The Balaban J connectivity index is 1.83. The van der Waals surface area contributed by atoms with Crippen LogP contribution >= 0.6 is 34.2 Å². The minimum atomic E-state index is -0.351. The lowest BCUT2D eigenvalue weighted by molar-refractivity contribution is -0.129. The molecule has 28 heavy (non-hydrogen) atoms. The van der Waals surface area contributed by atoms with Gasteiger partial charge in [0.15, 0.2) is 0 Å². The Labute approximate surface area is 184 Å². The van der Waals surface area contributed by atoms with Crippen LogP contribution in [0.3, 0.4) is 0 Å². The van der Waals surface area contributed by atoms with Gasteiger partial charge in [-0.3, -0.25) is 4.79 Å². The summed E-state index contributed by atoms with van der Waals surface area (Å²) < 4.78 is 0.886. The van der Waals surface area contributed by atoms with Crippen LogP contribution < -0.4 is 5.32 Å². The molecule has 3 nitrogen and oxygen atoms in total. The lowest BCUT2D eigenvalue weighted by Crippen LogP contribution is -2.41. The topological polar surface area (TPSA) is 52.9 Å². The van der Waals surface area contributed by atoms with Crippen LogP contribution in [0.4, 0.5) is 0 Å². The Bertz CT molecular complexity index is 952. The molecule has 5 heteroatoms. The van der Waals surface area contributed by atoms with E-state index in [4.69, 9.17) is 11.6 Å². The fourth-order valence-electron chi connectivity index (χ4n) is 5.14. The molecule has 1 saturated heterocycles. The van der Waals surface area contributed by atoms with Gasteiger partial charge in [0, 0.05) is 16.0 Å². The number of amides is 1. The molecule has 1 N–H and O–H groups in total. The Morgan fingerprint density at radius 2 is 2.04 bits per heavy atom. The summed E-state index contributed by atoms with van der Waals surface area (Å²) in [5.74, 6) is 0.754. The summed E-state index contributed by atoms with van der Waals surface area (Å²) in [5, 5.41) is 13.6. The molecule has 2 aromatic carbocycles. The highest BCUT2D eigenvalue weighted by Crippen LogP contribution is 2.57. The number of hydrogen-bond donors (Lipinski definition) is 1. The summed E-state index contributed by atoms with van der Waals surface area (Å²) in [7, 11) is 0. The Morgan fingerprint density at radius 1 is 1.29 bits per heavy atom. The minimum Gasteiger partial charge on any atom is -0.355 e. The summed E-state index contributed by atoms with van der Waals surface area (Å²) in [5.41, 5.74) is 3.89. The molecule has 1 amide bonds. The molecule has 4 rings (SSSR count). The fourth-order valence-corrected chi connectivity index (χ4v) is 5.74. The van der Waals surface area contributed by atoms with Crippen molar-refractivity contribution in [3.63, 3.8) is 0 Å². The SMILES string of the molecule is C[C@@]12CC[C@@H](c3ccc(CI)cc3C#N)[C@H](c3ccc(Cl)cc3)[C@@H]1CNC2=O. The van der Waals surface area contributed by atoms with Crippen molar-refractivity contribution in [2.24, 2.45) is 11.3 Å². The average Bonchev–Trinajstić information content (AvgIpc) is 3.02. The fraction of sp³-hybridized carbons (Fsp3) is 0.391. The molecular formula is C23H22ClIN2O. The highest BCUT2D eigenvalue weighted by Gasteiger charge is 2.54. The van der Waals surface area contributed by atoms with Crippen LogP contribution in [0, 0.1) is 22.7 Å². The lowest BCUT2D eigenvalue weighted by atomic mass is 9.57. The van der Waals surface area contributed by atoms with E-state index in [9.17, 15) is 10.1 Å².